The zero-order valence-electron chi connectivity index (χ0n) is 11.9. The first kappa shape index (κ1) is 16.6. The fourth-order valence-corrected chi connectivity index (χ4v) is 1.27. The maximum absolute atomic E-state index is 3.17. The molecule has 0 bridgehead atoms. The molecule has 0 saturated heterocycles. The van der Waals surface area contributed by atoms with Crippen LogP contribution in [0.3, 0.4) is 0 Å². The molecule has 0 heteroatoms. The molecule has 0 heterocycles. The number of unbranched alkanes of at least 4 members (excludes halogenated alkanes) is 4. The normalized spacial score (nSPS) is 10.1. The SMILES string of the molecule is CCC#CCCCC=C/[C]=C/CCC#CCCC. The summed E-state index contributed by atoms with van der Waals surface area (Å²) < 4.78 is 0. The van der Waals surface area contributed by atoms with Gasteiger partial charge in [-0.05, 0) is 31.8 Å². The van der Waals surface area contributed by atoms with Gasteiger partial charge in [0, 0.05) is 25.7 Å². The van der Waals surface area contributed by atoms with Gasteiger partial charge in [-0.25, -0.2) is 0 Å². The van der Waals surface area contributed by atoms with Crippen molar-refractivity contribution in [3.8, 4) is 23.7 Å². The minimum Gasteiger partial charge on any atom is -0.104 e. The molecule has 0 aromatic heterocycles. The third-order valence-electron chi connectivity index (χ3n) is 2.22. The van der Waals surface area contributed by atoms with Gasteiger partial charge in [-0.15, -0.1) is 23.7 Å². The van der Waals surface area contributed by atoms with Crippen LogP contribution < -0.4 is 0 Å². The molecule has 97 valence electrons. The van der Waals surface area contributed by atoms with Gasteiger partial charge in [0.25, 0.3) is 0 Å². The summed E-state index contributed by atoms with van der Waals surface area (Å²) in [5, 5.41) is 0. The maximum Gasteiger partial charge on any atom is 0.0124 e. The highest BCUT2D eigenvalue weighted by molar-refractivity contribution is 5.02. The summed E-state index contributed by atoms with van der Waals surface area (Å²) in [5.74, 6) is 12.5. The Kier molecular flexibility index (Phi) is 14.4. The van der Waals surface area contributed by atoms with Gasteiger partial charge in [0.2, 0.25) is 0 Å². The summed E-state index contributed by atoms with van der Waals surface area (Å²) in [4.78, 5) is 0. The molecule has 0 nitrogen and oxygen atoms in total. The number of hydrogen-bond donors (Lipinski definition) is 0. The average Bonchev–Trinajstić information content (AvgIpc) is 2.39. The van der Waals surface area contributed by atoms with Crippen molar-refractivity contribution in [1.29, 1.82) is 0 Å². The van der Waals surface area contributed by atoms with E-state index in [2.05, 4.69) is 55.8 Å². The summed E-state index contributed by atoms with van der Waals surface area (Å²) >= 11 is 0. The zero-order valence-corrected chi connectivity index (χ0v) is 11.9. The van der Waals surface area contributed by atoms with E-state index in [9.17, 15) is 0 Å². The highest BCUT2D eigenvalue weighted by Gasteiger charge is 1.79. The van der Waals surface area contributed by atoms with Gasteiger partial charge in [-0.2, -0.15) is 0 Å². The summed E-state index contributed by atoms with van der Waals surface area (Å²) in [7, 11) is 0. The lowest BCUT2D eigenvalue weighted by atomic mass is 10.2. The lowest BCUT2D eigenvalue weighted by Gasteiger charge is -1.86. The first-order valence-electron chi connectivity index (χ1n) is 7.06. The van der Waals surface area contributed by atoms with Crippen LogP contribution in [0.4, 0.5) is 0 Å². The van der Waals surface area contributed by atoms with Crippen LogP contribution in [-0.2, 0) is 0 Å². The minimum atomic E-state index is 0.952. The molecule has 0 fully saturated rings. The molecule has 18 heavy (non-hydrogen) atoms. The molecule has 0 aromatic carbocycles. The van der Waals surface area contributed by atoms with Crippen molar-refractivity contribution in [1.82, 2.24) is 0 Å². The van der Waals surface area contributed by atoms with E-state index in [1.807, 2.05) is 6.08 Å². The van der Waals surface area contributed by atoms with Crippen molar-refractivity contribution >= 4 is 0 Å². The molecular formula is C18H25. The van der Waals surface area contributed by atoms with Crippen LogP contribution in [0.2, 0.25) is 0 Å². The van der Waals surface area contributed by atoms with Gasteiger partial charge in [0.15, 0.2) is 0 Å². The predicted molar refractivity (Wildman–Crippen MR) is 80.8 cm³/mol. The fourth-order valence-electron chi connectivity index (χ4n) is 1.27. The molecule has 0 aliphatic carbocycles. The maximum atomic E-state index is 3.17. The van der Waals surface area contributed by atoms with Crippen LogP contribution in [0.1, 0.15) is 65.2 Å². The van der Waals surface area contributed by atoms with Crippen LogP contribution in [-0.4, -0.2) is 0 Å². The van der Waals surface area contributed by atoms with E-state index < -0.39 is 0 Å². The standard InChI is InChI=1S/C18H25/c1-3-5-7-9-11-13-15-17-18-16-14-12-10-8-6-4-2/h15-16,18H,3-5,10-14H2,1-2H3. The second-order valence-electron chi connectivity index (χ2n) is 4.01. The highest BCUT2D eigenvalue weighted by atomic mass is 13.8. The molecule has 0 saturated carbocycles. The van der Waals surface area contributed by atoms with Gasteiger partial charge in [-0.3, -0.25) is 0 Å². The molecule has 0 aromatic rings. The molecule has 0 unspecified atom stereocenters. The topological polar surface area (TPSA) is 0 Å². The molecular weight excluding hydrogens is 216 g/mol. The van der Waals surface area contributed by atoms with Crippen LogP contribution in [0.5, 0.6) is 0 Å². The molecule has 1 radical (unpaired) electrons. The third kappa shape index (κ3) is 14.6. The van der Waals surface area contributed by atoms with Gasteiger partial charge < -0.3 is 0 Å². The van der Waals surface area contributed by atoms with E-state index in [0.717, 1.165) is 51.4 Å². The van der Waals surface area contributed by atoms with Crippen molar-refractivity contribution in [3.63, 3.8) is 0 Å². The minimum absolute atomic E-state index is 0.952. The largest absolute Gasteiger partial charge is 0.104 e. The molecule has 0 aliphatic heterocycles. The van der Waals surface area contributed by atoms with Crippen molar-refractivity contribution in [2.75, 3.05) is 0 Å². The van der Waals surface area contributed by atoms with Gasteiger partial charge >= 0.3 is 0 Å². The molecule has 0 spiro atoms. The van der Waals surface area contributed by atoms with Crippen molar-refractivity contribution in [2.45, 2.75) is 65.2 Å². The monoisotopic (exact) mass is 241 g/mol. The molecule has 0 N–H and O–H groups in total. The molecule has 0 aliphatic rings. The Bertz CT molecular complexity index is 336. The Morgan fingerprint density at radius 1 is 0.833 bits per heavy atom. The van der Waals surface area contributed by atoms with E-state index >= 15 is 0 Å². The lowest BCUT2D eigenvalue weighted by molar-refractivity contribution is 0.884. The molecule has 0 amide bonds. The Labute approximate surface area is 114 Å². The van der Waals surface area contributed by atoms with Gasteiger partial charge in [-0.1, -0.05) is 32.1 Å². The summed E-state index contributed by atoms with van der Waals surface area (Å²) in [6, 6.07) is 0. The number of allylic oxidation sites excluding steroid dienone is 4. The molecule has 0 atom stereocenters. The number of hydrogen-bond acceptors (Lipinski definition) is 0. The Morgan fingerprint density at radius 2 is 1.61 bits per heavy atom. The van der Waals surface area contributed by atoms with E-state index in [0.29, 0.717) is 0 Å². The van der Waals surface area contributed by atoms with Crippen LogP contribution in [0, 0.1) is 29.8 Å². The Hall–Kier alpha value is -1.40. The second-order valence-corrected chi connectivity index (χ2v) is 4.01. The average molecular weight is 241 g/mol. The highest BCUT2D eigenvalue weighted by Crippen LogP contribution is 1.96. The summed E-state index contributed by atoms with van der Waals surface area (Å²) in [5.41, 5.74) is 0. The number of rotatable bonds is 7. The van der Waals surface area contributed by atoms with Crippen LogP contribution in [0.25, 0.3) is 0 Å². The van der Waals surface area contributed by atoms with E-state index in [-0.39, 0.29) is 0 Å². The smallest absolute Gasteiger partial charge is 0.0124 e. The van der Waals surface area contributed by atoms with E-state index in [4.69, 9.17) is 0 Å². The predicted octanol–water partition coefficient (Wildman–Crippen LogP) is 5.07. The van der Waals surface area contributed by atoms with Crippen molar-refractivity contribution < 1.29 is 0 Å². The van der Waals surface area contributed by atoms with Crippen LogP contribution >= 0.6 is 0 Å². The Morgan fingerprint density at radius 3 is 2.39 bits per heavy atom. The van der Waals surface area contributed by atoms with Crippen molar-refractivity contribution in [3.05, 3.63) is 24.3 Å². The molecule has 0 rings (SSSR count). The van der Waals surface area contributed by atoms with Gasteiger partial charge in [0.1, 0.15) is 0 Å². The third-order valence-corrected chi connectivity index (χ3v) is 2.22. The van der Waals surface area contributed by atoms with E-state index in [1.54, 1.807) is 0 Å². The first-order chi connectivity index (χ1) is 8.91. The van der Waals surface area contributed by atoms with Crippen molar-refractivity contribution in [2.24, 2.45) is 0 Å². The lowest BCUT2D eigenvalue weighted by Crippen LogP contribution is -1.70. The van der Waals surface area contributed by atoms with Crippen LogP contribution in [0.15, 0.2) is 18.2 Å². The van der Waals surface area contributed by atoms with Gasteiger partial charge in [0.05, 0.1) is 0 Å². The second kappa shape index (κ2) is 15.6. The summed E-state index contributed by atoms with van der Waals surface area (Å²) in [6.07, 6.45) is 17.7. The first-order valence-corrected chi connectivity index (χ1v) is 7.06. The quantitative estimate of drug-likeness (QED) is 0.331. The fraction of sp³-hybridized carbons (Fsp3) is 0.556. The van der Waals surface area contributed by atoms with E-state index in [1.165, 1.54) is 0 Å². The zero-order chi connectivity index (χ0) is 13.3. The summed E-state index contributed by atoms with van der Waals surface area (Å²) in [6.45, 7) is 4.24. The Balaban J connectivity index is 3.38.